The van der Waals surface area contributed by atoms with Crippen molar-refractivity contribution in [2.45, 2.75) is 26.2 Å². The van der Waals surface area contributed by atoms with Crippen LogP contribution in [0.5, 0.6) is 0 Å². The lowest BCUT2D eigenvalue weighted by molar-refractivity contribution is 0.0525. The minimum atomic E-state index is -2.44. The maximum absolute atomic E-state index is 13.7. The van der Waals surface area contributed by atoms with Crippen LogP contribution >= 0.6 is 0 Å². The zero-order valence-corrected chi connectivity index (χ0v) is 11.6. The van der Waals surface area contributed by atoms with E-state index in [4.69, 9.17) is 10.5 Å². The second-order valence-corrected chi connectivity index (χ2v) is 5.16. The SMILES string of the molecule is CCOC(=O)c1cc(F)c(N)c(NCC2(C(F)F)CC2)c1. The fourth-order valence-electron chi connectivity index (χ4n) is 2.00. The number of nitrogens with two attached hydrogens (primary N) is 1. The predicted molar refractivity (Wildman–Crippen MR) is 72.9 cm³/mol. The average molecular weight is 302 g/mol. The Kier molecular flexibility index (Phi) is 4.29. The van der Waals surface area contributed by atoms with Gasteiger partial charge in [0.25, 0.3) is 0 Å². The number of carbonyl (C=O) groups is 1. The van der Waals surface area contributed by atoms with Crippen LogP contribution in [0.2, 0.25) is 0 Å². The molecular formula is C14H17F3N2O2. The number of ether oxygens (including phenoxy) is 1. The Morgan fingerprint density at radius 2 is 2.14 bits per heavy atom. The summed E-state index contributed by atoms with van der Waals surface area (Å²) in [6, 6.07) is 2.29. The number of carbonyl (C=O) groups excluding carboxylic acids is 1. The molecule has 0 spiro atoms. The fraction of sp³-hybridized carbons (Fsp3) is 0.500. The molecule has 0 atom stereocenters. The number of hydrogen-bond acceptors (Lipinski definition) is 4. The molecule has 0 saturated heterocycles. The van der Waals surface area contributed by atoms with Crippen molar-refractivity contribution in [2.24, 2.45) is 5.41 Å². The molecule has 0 radical (unpaired) electrons. The molecule has 2 rings (SSSR count). The van der Waals surface area contributed by atoms with Gasteiger partial charge in [-0.1, -0.05) is 0 Å². The number of rotatable bonds is 6. The number of hydrogen-bond donors (Lipinski definition) is 2. The quantitative estimate of drug-likeness (QED) is 0.626. The molecule has 116 valence electrons. The molecule has 0 aromatic heterocycles. The highest BCUT2D eigenvalue weighted by Gasteiger charge is 2.50. The molecular weight excluding hydrogens is 285 g/mol. The highest BCUT2D eigenvalue weighted by atomic mass is 19.3. The van der Waals surface area contributed by atoms with E-state index >= 15 is 0 Å². The summed E-state index contributed by atoms with van der Waals surface area (Å²) in [5.74, 6) is -1.47. The van der Waals surface area contributed by atoms with Gasteiger partial charge in [-0.25, -0.2) is 18.0 Å². The van der Waals surface area contributed by atoms with Crippen molar-refractivity contribution in [3.8, 4) is 0 Å². The summed E-state index contributed by atoms with van der Waals surface area (Å²) >= 11 is 0. The van der Waals surface area contributed by atoms with Crippen LogP contribution in [-0.2, 0) is 4.74 Å². The van der Waals surface area contributed by atoms with E-state index in [0.29, 0.717) is 12.8 Å². The van der Waals surface area contributed by atoms with E-state index in [0.717, 1.165) is 6.07 Å². The molecule has 0 aliphatic heterocycles. The lowest BCUT2D eigenvalue weighted by Gasteiger charge is -2.17. The minimum absolute atomic E-state index is 0.00653. The molecule has 0 amide bonds. The van der Waals surface area contributed by atoms with Crippen LogP contribution in [0.1, 0.15) is 30.1 Å². The third-order valence-electron chi connectivity index (χ3n) is 3.63. The molecule has 21 heavy (non-hydrogen) atoms. The Morgan fingerprint density at radius 1 is 1.48 bits per heavy atom. The molecule has 1 aliphatic carbocycles. The van der Waals surface area contributed by atoms with Crippen molar-refractivity contribution >= 4 is 17.3 Å². The van der Waals surface area contributed by atoms with E-state index in [1.54, 1.807) is 6.92 Å². The molecule has 1 aliphatic rings. The zero-order chi connectivity index (χ0) is 15.6. The first-order valence-corrected chi connectivity index (χ1v) is 6.68. The zero-order valence-electron chi connectivity index (χ0n) is 11.6. The van der Waals surface area contributed by atoms with Crippen molar-refractivity contribution in [1.82, 2.24) is 0 Å². The monoisotopic (exact) mass is 302 g/mol. The second-order valence-electron chi connectivity index (χ2n) is 5.16. The van der Waals surface area contributed by atoms with Crippen molar-refractivity contribution < 1.29 is 22.7 Å². The van der Waals surface area contributed by atoms with Gasteiger partial charge in [-0.05, 0) is 31.9 Å². The number of anilines is 2. The standard InChI is InChI=1S/C14H17F3N2O2/c1-2-21-12(20)8-5-9(15)11(18)10(6-8)19-7-14(3-4-14)13(16)17/h5-6,13,19H,2-4,7,18H2,1H3. The van der Waals surface area contributed by atoms with Gasteiger partial charge in [-0.2, -0.15) is 0 Å². The molecule has 1 fully saturated rings. The first-order chi connectivity index (χ1) is 9.89. The van der Waals surface area contributed by atoms with Crippen LogP contribution in [0.25, 0.3) is 0 Å². The number of alkyl halides is 2. The Morgan fingerprint density at radius 3 is 2.67 bits per heavy atom. The highest BCUT2D eigenvalue weighted by molar-refractivity contribution is 5.92. The van der Waals surface area contributed by atoms with Crippen molar-refractivity contribution in [1.29, 1.82) is 0 Å². The smallest absolute Gasteiger partial charge is 0.338 e. The Hall–Kier alpha value is -1.92. The van der Waals surface area contributed by atoms with Gasteiger partial charge >= 0.3 is 5.97 Å². The van der Waals surface area contributed by atoms with Crippen molar-refractivity contribution in [3.63, 3.8) is 0 Å². The number of esters is 1. The molecule has 3 N–H and O–H groups in total. The maximum Gasteiger partial charge on any atom is 0.338 e. The van der Waals surface area contributed by atoms with Crippen LogP contribution < -0.4 is 11.1 Å². The Balaban J connectivity index is 2.16. The molecule has 1 aromatic carbocycles. The molecule has 4 nitrogen and oxygen atoms in total. The van der Waals surface area contributed by atoms with E-state index in [1.165, 1.54) is 6.07 Å². The van der Waals surface area contributed by atoms with Gasteiger partial charge in [-0.15, -0.1) is 0 Å². The molecule has 1 aromatic rings. The van der Waals surface area contributed by atoms with Gasteiger partial charge in [0.2, 0.25) is 6.43 Å². The van der Waals surface area contributed by atoms with Gasteiger partial charge in [0.1, 0.15) is 5.82 Å². The lowest BCUT2D eigenvalue weighted by atomic mass is 10.1. The first kappa shape index (κ1) is 15.5. The van der Waals surface area contributed by atoms with E-state index in [9.17, 15) is 18.0 Å². The molecule has 0 heterocycles. The van der Waals surface area contributed by atoms with Crippen LogP contribution in [0.15, 0.2) is 12.1 Å². The number of benzene rings is 1. The minimum Gasteiger partial charge on any atom is -0.462 e. The van der Waals surface area contributed by atoms with Crippen LogP contribution in [0.4, 0.5) is 24.5 Å². The Bertz CT molecular complexity index is 545. The fourth-order valence-corrected chi connectivity index (χ4v) is 2.00. The summed E-state index contributed by atoms with van der Waals surface area (Å²) in [5, 5.41) is 2.72. The van der Waals surface area contributed by atoms with Gasteiger partial charge in [0, 0.05) is 12.0 Å². The average Bonchev–Trinajstić information content (AvgIpc) is 3.21. The largest absolute Gasteiger partial charge is 0.462 e. The summed E-state index contributed by atoms with van der Waals surface area (Å²) in [4.78, 5) is 11.6. The van der Waals surface area contributed by atoms with Gasteiger partial charge in [-0.3, -0.25) is 0 Å². The Labute approximate surface area is 120 Å². The summed E-state index contributed by atoms with van der Waals surface area (Å²) in [5.41, 5.74) is 4.43. The number of nitrogen functional groups attached to an aromatic ring is 1. The summed E-state index contributed by atoms with van der Waals surface area (Å²) < 4.78 is 44.2. The van der Waals surface area contributed by atoms with Gasteiger partial charge in [0.05, 0.1) is 23.5 Å². The summed E-state index contributed by atoms with van der Waals surface area (Å²) in [6.45, 7) is 1.77. The number of nitrogens with one attached hydrogen (secondary N) is 1. The van der Waals surface area contributed by atoms with Crippen LogP contribution in [0, 0.1) is 11.2 Å². The van der Waals surface area contributed by atoms with Gasteiger partial charge < -0.3 is 15.8 Å². The van der Waals surface area contributed by atoms with Crippen molar-refractivity contribution in [2.75, 3.05) is 24.2 Å². The first-order valence-electron chi connectivity index (χ1n) is 6.68. The van der Waals surface area contributed by atoms with Crippen LogP contribution in [0.3, 0.4) is 0 Å². The highest BCUT2D eigenvalue weighted by Crippen LogP contribution is 2.50. The van der Waals surface area contributed by atoms with E-state index < -0.39 is 23.6 Å². The van der Waals surface area contributed by atoms with Crippen molar-refractivity contribution in [3.05, 3.63) is 23.5 Å². The molecule has 0 unspecified atom stereocenters. The summed E-state index contributed by atoms with van der Waals surface area (Å²) in [6.07, 6.45) is -1.61. The van der Waals surface area contributed by atoms with E-state index in [1.807, 2.05) is 0 Å². The van der Waals surface area contributed by atoms with E-state index in [2.05, 4.69) is 5.32 Å². The molecule has 1 saturated carbocycles. The van der Waals surface area contributed by atoms with Gasteiger partial charge in [0.15, 0.2) is 0 Å². The third-order valence-corrected chi connectivity index (χ3v) is 3.63. The lowest BCUT2D eigenvalue weighted by Crippen LogP contribution is -2.23. The second kappa shape index (κ2) is 5.83. The topological polar surface area (TPSA) is 64.3 Å². The number of halogens is 3. The molecule has 7 heteroatoms. The third kappa shape index (κ3) is 3.22. The predicted octanol–water partition coefficient (Wildman–Crippen LogP) is 3.04. The van der Waals surface area contributed by atoms with Crippen LogP contribution in [-0.4, -0.2) is 25.5 Å². The normalized spacial score (nSPS) is 15.9. The summed E-state index contributed by atoms with van der Waals surface area (Å²) in [7, 11) is 0. The molecule has 0 bridgehead atoms. The maximum atomic E-state index is 13.7. The van der Waals surface area contributed by atoms with E-state index in [-0.39, 0.29) is 30.1 Å².